The van der Waals surface area contributed by atoms with E-state index in [1.54, 1.807) is 18.4 Å². The van der Waals surface area contributed by atoms with Crippen molar-refractivity contribution in [2.24, 2.45) is 0 Å². The average Bonchev–Trinajstić information content (AvgIpc) is 3.34. The van der Waals surface area contributed by atoms with Crippen molar-refractivity contribution in [3.63, 3.8) is 0 Å². The van der Waals surface area contributed by atoms with E-state index in [1.807, 2.05) is 66.7 Å². The van der Waals surface area contributed by atoms with Gasteiger partial charge >= 0.3 is 0 Å². The predicted molar refractivity (Wildman–Crippen MR) is 156 cm³/mol. The van der Waals surface area contributed by atoms with Gasteiger partial charge in [-0.25, -0.2) is 0 Å². The van der Waals surface area contributed by atoms with E-state index in [9.17, 15) is 0 Å². The summed E-state index contributed by atoms with van der Waals surface area (Å²) in [5, 5.41) is 0. The normalized spacial score (nSPS) is 8.50. The van der Waals surface area contributed by atoms with Crippen LogP contribution in [0.5, 0.6) is 0 Å². The minimum atomic E-state index is 0.802. The van der Waals surface area contributed by atoms with E-state index in [0.29, 0.717) is 0 Å². The molecule has 1 heterocycles. The molecule has 0 aliphatic rings. The number of hydrogen-bond acceptors (Lipinski definition) is 2. The number of aromatic nitrogens is 1. The molecule has 1 aromatic carbocycles. The van der Waals surface area contributed by atoms with Crippen LogP contribution >= 0.6 is 12.6 Å². The second-order valence-corrected chi connectivity index (χ2v) is 5.15. The molecule has 0 unspecified atom stereocenters. The monoisotopic (exact) mass is 458 g/mol. The summed E-state index contributed by atoms with van der Waals surface area (Å²) in [4.78, 5) is 2.25. The van der Waals surface area contributed by atoms with Crippen molar-refractivity contribution in [2.45, 2.75) is 68.5 Å². The lowest BCUT2D eigenvalue weighted by molar-refractivity contribution is 0.705. The fourth-order valence-electron chi connectivity index (χ4n) is 2.39. The minimum Gasteiger partial charge on any atom is -0.350 e. The SMILES string of the molecule is C=C/C=C(\C=C)N(Cc1cccn1CC)c1ccccc1.C=CC.CC.CC.CC.CS. The number of benzene rings is 1. The van der Waals surface area contributed by atoms with Gasteiger partial charge in [-0.2, -0.15) is 12.6 Å². The van der Waals surface area contributed by atoms with Gasteiger partial charge in [-0.15, -0.1) is 6.58 Å². The number of rotatable bonds is 7. The van der Waals surface area contributed by atoms with Crippen molar-refractivity contribution < 1.29 is 0 Å². The van der Waals surface area contributed by atoms with E-state index in [1.165, 1.54) is 5.69 Å². The van der Waals surface area contributed by atoms with Gasteiger partial charge in [-0.05, 0) is 56.5 Å². The highest BCUT2D eigenvalue weighted by Gasteiger charge is 2.12. The molecular weight excluding hydrogens is 408 g/mol. The first-order valence-corrected chi connectivity index (χ1v) is 12.5. The smallest absolute Gasteiger partial charge is 0.0634 e. The fraction of sp³-hybridized carbons (Fsp3) is 0.379. The van der Waals surface area contributed by atoms with Crippen molar-refractivity contribution in [1.29, 1.82) is 0 Å². The molecule has 0 spiro atoms. The van der Waals surface area contributed by atoms with Crippen LogP contribution in [-0.4, -0.2) is 10.8 Å². The zero-order valence-corrected chi connectivity index (χ0v) is 23.2. The Kier molecular flexibility index (Phi) is 35.6. The van der Waals surface area contributed by atoms with Crippen molar-refractivity contribution in [2.75, 3.05) is 11.2 Å². The number of allylic oxidation sites excluding steroid dienone is 4. The third-order valence-electron chi connectivity index (χ3n) is 3.46. The lowest BCUT2D eigenvalue weighted by Crippen LogP contribution is -2.22. The average molecular weight is 459 g/mol. The molecule has 0 saturated carbocycles. The van der Waals surface area contributed by atoms with Gasteiger partial charge in [0.15, 0.2) is 0 Å². The van der Waals surface area contributed by atoms with Crippen molar-refractivity contribution >= 4 is 18.3 Å². The molecule has 0 aliphatic carbocycles. The van der Waals surface area contributed by atoms with Crippen LogP contribution in [0.2, 0.25) is 0 Å². The lowest BCUT2D eigenvalue weighted by atomic mass is 10.2. The van der Waals surface area contributed by atoms with E-state index >= 15 is 0 Å². The van der Waals surface area contributed by atoms with Crippen molar-refractivity contribution in [3.05, 3.63) is 104 Å². The van der Waals surface area contributed by atoms with Gasteiger partial charge in [0.05, 0.1) is 6.54 Å². The molecule has 2 nitrogen and oxygen atoms in total. The molecule has 0 amide bonds. The molecule has 2 rings (SSSR count). The predicted octanol–water partition coefficient (Wildman–Crippen LogP) is 9.59. The molecule has 0 atom stereocenters. The van der Waals surface area contributed by atoms with Gasteiger partial charge in [0.2, 0.25) is 0 Å². The molecule has 182 valence electrons. The Morgan fingerprint density at radius 2 is 1.41 bits per heavy atom. The van der Waals surface area contributed by atoms with Crippen LogP contribution in [0.4, 0.5) is 5.69 Å². The zero-order chi connectivity index (χ0) is 25.8. The molecule has 1 aromatic heterocycles. The molecular formula is C29H50N2S. The maximum Gasteiger partial charge on any atom is 0.0634 e. The van der Waals surface area contributed by atoms with Crippen LogP contribution in [0, 0.1) is 0 Å². The summed E-state index contributed by atoms with van der Waals surface area (Å²) in [5.41, 5.74) is 3.47. The standard InChI is InChI=1S/C19H22N2.C3H6.3C2H6.CH4S/c1-4-11-17(5-2)21(18-12-8-7-9-13-18)16-19-14-10-15-20(19)6-3;1-3-2;4*1-2/h4-5,7-15H,1-2,6,16H2,3H3;3H,1H2,2H3;3*1-2H3;2H,1H3/b17-11+;;;;;. The maximum atomic E-state index is 3.93. The Labute approximate surface area is 206 Å². The number of nitrogens with zero attached hydrogens (tertiary/aromatic N) is 2. The van der Waals surface area contributed by atoms with E-state index in [0.717, 1.165) is 24.5 Å². The summed E-state index contributed by atoms with van der Waals surface area (Å²) < 4.78 is 2.25. The van der Waals surface area contributed by atoms with E-state index < -0.39 is 0 Å². The summed E-state index contributed by atoms with van der Waals surface area (Å²) in [7, 11) is 0. The largest absolute Gasteiger partial charge is 0.350 e. The van der Waals surface area contributed by atoms with E-state index in [2.05, 4.69) is 91.4 Å². The van der Waals surface area contributed by atoms with E-state index in [-0.39, 0.29) is 0 Å². The third kappa shape index (κ3) is 16.3. The molecule has 0 N–H and O–H groups in total. The Morgan fingerprint density at radius 1 is 0.906 bits per heavy atom. The Morgan fingerprint density at radius 3 is 1.81 bits per heavy atom. The molecule has 0 bridgehead atoms. The first kappa shape index (κ1) is 37.0. The van der Waals surface area contributed by atoms with Crippen LogP contribution in [0.1, 0.15) is 61.1 Å². The minimum absolute atomic E-state index is 0.802. The molecule has 0 radical (unpaired) electrons. The van der Waals surface area contributed by atoms with Gasteiger partial charge in [-0.1, -0.05) is 85.1 Å². The molecule has 32 heavy (non-hydrogen) atoms. The first-order chi connectivity index (χ1) is 15.7. The lowest BCUT2D eigenvalue weighted by Gasteiger charge is -2.26. The Bertz CT molecular complexity index is 669. The van der Waals surface area contributed by atoms with Gasteiger partial charge < -0.3 is 9.47 Å². The summed E-state index contributed by atoms with van der Waals surface area (Å²) in [5.74, 6) is 0. The molecule has 2 aromatic rings. The highest BCUT2D eigenvalue weighted by Crippen LogP contribution is 2.22. The topological polar surface area (TPSA) is 8.17 Å². The number of para-hydroxylation sites is 1. The third-order valence-corrected chi connectivity index (χ3v) is 3.46. The first-order valence-electron chi connectivity index (χ1n) is 11.6. The number of hydrogen-bond donors (Lipinski definition) is 1. The summed E-state index contributed by atoms with van der Waals surface area (Å²) >= 11 is 3.53. The summed E-state index contributed by atoms with van der Waals surface area (Å²) in [6, 6.07) is 14.6. The Balaban J connectivity index is -0.000000308. The Hall–Kier alpha value is -2.39. The molecule has 0 aliphatic heterocycles. The number of anilines is 1. The molecule has 3 heteroatoms. The second-order valence-electron chi connectivity index (χ2n) is 5.15. The maximum absolute atomic E-state index is 3.93. The number of thiol groups is 1. The van der Waals surface area contributed by atoms with Gasteiger partial charge in [0.25, 0.3) is 0 Å². The van der Waals surface area contributed by atoms with Crippen molar-refractivity contribution in [1.82, 2.24) is 4.57 Å². The second kappa shape index (κ2) is 30.8. The van der Waals surface area contributed by atoms with Crippen LogP contribution in [0.15, 0.2) is 98.4 Å². The highest BCUT2D eigenvalue weighted by atomic mass is 32.1. The van der Waals surface area contributed by atoms with Gasteiger partial charge in [-0.3, -0.25) is 0 Å². The number of aryl methyl sites for hydroxylation is 1. The van der Waals surface area contributed by atoms with Crippen LogP contribution in [0.25, 0.3) is 0 Å². The summed E-state index contributed by atoms with van der Waals surface area (Å²) in [6.07, 6.45) is 11.2. The summed E-state index contributed by atoms with van der Waals surface area (Å²) in [6.45, 7) is 28.9. The van der Waals surface area contributed by atoms with Gasteiger partial charge in [0.1, 0.15) is 0 Å². The van der Waals surface area contributed by atoms with E-state index in [4.69, 9.17) is 0 Å². The fourth-order valence-corrected chi connectivity index (χ4v) is 2.39. The van der Waals surface area contributed by atoms with Gasteiger partial charge in [0, 0.05) is 29.8 Å². The highest BCUT2D eigenvalue weighted by molar-refractivity contribution is 7.79. The van der Waals surface area contributed by atoms with Crippen molar-refractivity contribution in [3.8, 4) is 0 Å². The van der Waals surface area contributed by atoms with Crippen LogP contribution < -0.4 is 4.90 Å². The molecule has 0 fully saturated rings. The van der Waals surface area contributed by atoms with Crippen LogP contribution in [0.3, 0.4) is 0 Å². The quantitative estimate of drug-likeness (QED) is 0.246. The zero-order valence-electron chi connectivity index (χ0n) is 22.3. The molecule has 0 saturated heterocycles. The van der Waals surface area contributed by atoms with Crippen LogP contribution in [-0.2, 0) is 13.1 Å².